The van der Waals surface area contributed by atoms with Crippen molar-refractivity contribution in [3.63, 3.8) is 0 Å². The Bertz CT molecular complexity index is 1440. The summed E-state index contributed by atoms with van der Waals surface area (Å²) in [5.74, 6) is -0.0791. The number of amides is 1. The number of anilines is 1. The summed E-state index contributed by atoms with van der Waals surface area (Å²) in [5.41, 5.74) is 4.49. The minimum Gasteiger partial charge on any atom is -0.352 e. The van der Waals surface area contributed by atoms with E-state index < -0.39 is 0 Å². The molecular formula is C28H25Cl2N5OS. The predicted octanol–water partition coefficient (Wildman–Crippen LogP) is 6.49. The number of aromatic nitrogens is 2. The number of pyridine rings is 1. The largest absolute Gasteiger partial charge is 0.352 e. The first-order valence-corrected chi connectivity index (χ1v) is 13.0. The number of halogens is 2. The average molecular weight is 551 g/mol. The Morgan fingerprint density at radius 2 is 1.95 bits per heavy atom. The maximum Gasteiger partial charge on any atom is 0.226 e. The van der Waals surface area contributed by atoms with Gasteiger partial charge in [-0.3, -0.25) is 9.78 Å². The number of carbonyl (C=O) groups excluding carboxylic acids is 1. The van der Waals surface area contributed by atoms with Gasteiger partial charge in [0.2, 0.25) is 5.91 Å². The molecule has 0 bridgehead atoms. The molecule has 1 fully saturated rings. The van der Waals surface area contributed by atoms with Crippen LogP contribution < -0.4 is 10.6 Å². The predicted molar refractivity (Wildman–Crippen MR) is 152 cm³/mol. The van der Waals surface area contributed by atoms with Gasteiger partial charge in [0.1, 0.15) is 0 Å². The molecule has 2 aromatic heterocycles. The summed E-state index contributed by atoms with van der Waals surface area (Å²) in [6.07, 6.45) is 4.00. The summed E-state index contributed by atoms with van der Waals surface area (Å²) in [6.45, 7) is 2.42. The number of nitrogens with zero attached hydrogens (tertiary/aromatic N) is 3. The molecule has 2 aromatic carbocycles. The molecule has 0 unspecified atom stereocenters. The van der Waals surface area contributed by atoms with Crippen molar-refractivity contribution in [1.29, 1.82) is 0 Å². The first-order chi connectivity index (χ1) is 17.9. The van der Waals surface area contributed by atoms with Crippen molar-refractivity contribution in [3.05, 3.63) is 112 Å². The average Bonchev–Trinajstić information content (AvgIpc) is 3.47. The van der Waals surface area contributed by atoms with E-state index in [-0.39, 0.29) is 24.4 Å². The molecule has 37 heavy (non-hydrogen) atoms. The molecule has 1 saturated heterocycles. The lowest BCUT2D eigenvalue weighted by Crippen LogP contribution is -2.33. The van der Waals surface area contributed by atoms with E-state index in [2.05, 4.69) is 20.5 Å². The molecule has 2 atom stereocenters. The summed E-state index contributed by atoms with van der Waals surface area (Å²) in [7, 11) is 0. The van der Waals surface area contributed by atoms with Gasteiger partial charge in [0.05, 0.1) is 28.5 Å². The first kappa shape index (κ1) is 25.3. The molecule has 4 aromatic rings. The van der Waals surface area contributed by atoms with Crippen LogP contribution in [0.1, 0.15) is 35.5 Å². The Hall–Kier alpha value is -3.39. The van der Waals surface area contributed by atoms with Crippen LogP contribution >= 0.6 is 35.4 Å². The summed E-state index contributed by atoms with van der Waals surface area (Å²) in [4.78, 5) is 19.5. The zero-order chi connectivity index (χ0) is 25.9. The van der Waals surface area contributed by atoms with E-state index in [1.54, 1.807) is 12.3 Å². The molecule has 1 aliphatic heterocycles. The Balaban J connectivity index is 1.46. The number of nitrogens with one attached hydrogen (secondary N) is 2. The number of hydrogen-bond donors (Lipinski definition) is 2. The van der Waals surface area contributed by atoms with E-state index >= 15 is 0 Å². The van der Waals surface area contributed by atoms with E-state index in [1.165, 1.54) is 0 Å². The fourth-order valence-electron chi connectivity index (χ4n) is 4.67. The summed E-state index contributed by atoms with van der Waals surface area (Å²) in [5, 5.41) is 8.10. The van der Waals surface area contributed by atoms with Gasteiger partial charge in [-0.1, -0.05) is 41.4 Å². The van der Waals surface area contributed by atoms with E-state index in [4.69, 9.17) is 35.4 Å². The monoisotopic (exact) mass is 549 g/mol. The van der Waals surface area contributed by atoms with Gasteiger partial charge >= 0.3 is 0 Å². The van der Waals surface area contributed by atoms with Crippen molar-refractivity contribution in [2.75, 3.05) is 11.9 Å². The highest BCUT2D eigenvalue weighted by molar-refractivity contribution is 7.80. The molecule has 0 aliphatic carbocycles. The van der Waals surface area contributed by atoms with E-state index in [1.807, 2.05) is 84.4 Å². The smallest absolute Gasteiger partial charge is 0.226 e. The Labute approximate surface area is 231 Å². The third-order valence-corrected chi connectivity index (χ3v) is 7.22. The van der Waals surface area contributed by atoms with Crippen LogP contribution in [0.2, 0.25) is 10.0 Å². The standard InChI is InChI=1S/C28H25Cl2N5OS/c1-18-6-4-7-20(16-18)32-25(36)12-15-35-27(26(33-28(35)37)22-8-2-3-13-31-22)24-9-5-14-34(24)23-11-10-19(29)17-21(23)30/h2-11,13-14,16-17,26-27H,12,15H2,1H3,(H,32,36)(H,33,37)/t26-,27+/m1/s1. The zero-order valence-corrected chi connectivity index (χ0v) is 22.4. The molecule has 188 valence electrons. The van der Waals surface area contributed by atoms with E-state index in [9.17, 15) is 4.79 Å². The SMILES string of the molecule is Cc1cccc(NC(=O)CCN2C(=S)N[C@H](c3ccccn3)[C@@H]2c2cccn2-c2ccc(Cl)cc2Cl)c1. The van der Waals surface area contributed by atoms with Crippen molar-refractivity contribution in [3.8, 4) is 5.69 Å². The number of carbonyl (C=O) groups is 1. The quantitative estimate of drug-likeness (QED) is 0.258. The molecule has 6 nitrogen and oxygen atoms in total. The highest BCUT2D eigenvalue weighted by Gasteiger charge is 2.41. The summed E-state index contributed by atoms with van der Waals surface area (Å²) in [6, 6.07) is 22.6. The maximum absolute atomic E-state index is 12.8. The number of aryl methyl sites for hydroxylation is 1. The first-order valence-electron chi connectivity index (χ1n) is 11.9. The van der Waals surface area contributed by atoms with Gasteiger partial charge in [-0.05, 0) is 79.3 Å². The molecule has 9 heteroatoms. The fraction of sp³-hybridized carbons (Fsp3) is 0.179. The van der Waals surface area contributed by atoms with Crippen molar-refractivity contribution >= 4 is 52.1 Å². The summed E-state index contributed by atoms with van der Waals surface area (Å²) < 4.78 is 2.04. The minimum atomic E-state index is -0.226. The zero-order valence-electron chi connectivity index (χ0n) is 20.1. The van der Waals surface area contributed by atoms with Gasteiger partial charge in [0, 0.05) is 41.8 Å². The Morgan fingerprint density at radius 1 is 1.08 bits per heavy atom. The molecule has 5 rings (SSSR count). The number of hydrogen-bond acceptors (Lipinski definition) is 3. The van der Waals surface area contributed by atoms with Crippen LogP contribution in [-0.2, 0) is 4.79 Å². The molecule has 0 spiro atoms. The number of benzene rings is 2. The van der Waals surface area contributed by atoms with Gasteiger partial charge in [0.15, 0.2) is 5.11 Å². The number of thiocarbonyl (C=S) groups is 1. The maximum atomic E-state index is 12.8. The summed E-state index contributed by atoms with van der Waals surface area (Å²) >= 11 is 18.5. The van der Waals surface area contributed by atoms with Crippen LogP contribution in [-0.4, -0.2) is 32.0 Å². The van der Waals surface area contributed by atoms with Gasteiger partial charge in [-0.25, -0.2) is 0 Å². The molecule has 1 amide bonds. The second kappa shape index (κ2) is 10.9. The molecular weight excluding hydrogens is 525 g/mol. The van der Waals surface area contributed by atoms with Crippen LogP contribution in [0.4, 0.5) is 5.69 Å². The lowest BCUT2D eigenvalue weighted by molar-refractivity contribution is -0.116. The second-order valence-corrected chi connectivity index (χ2v) is 10.1. The fourth-order valence-corrected chi connectivity index (χ4v) is 5.50. The molecule has 0 saturated carbocycles. The Morgan fingerprint density at radius 3 is 2.70 bits per heavy atom. The highest BCUT2D eigenvalue weighted by Crippen LogP contribution is 2.40. The lowest BCUT2D eigenvalue weighted by atomic mass is 10.0. The number of rotatable bonds is 7. The van der Waals surface area contributed by atoms with Crippen LogP contribution in [0.3, 0.4) is 0 Å². The Kier molecular flexibility index (Phi) is 7.46. The van der Waals surface area contributed by atoms with Gasteiger partial charge in [0.25, 0.3) is 0 Å². The van der Waals surface area contributed by atoms with E-state index in [0.717, 1.165) is 28.3 Å². The van der Waals surface area contributed by atoms with Gasteiger partial charge in [-0.2, -0.15) is 0 Å². The normalized spacial score (nSPS) is 17.1. The molecule has 2 N–H and O–H groups in total. The van der Waals surface area contributed by atoms with Crippen molar-refractivity contribution in [1.82, 2.24) is 19.8 Å². The van der Waals surface area contributed by atoms with Gasteiger partial charge in [-0.15, -0.1) is 0 Å². The lowest BCUT2D eigenvalue weighted by Gasteiger charge is -2.29. The van der Waals surface area contributed by atoms with Gasteiger partial charge < -0.3 is 20.1 Å². The van der Waals surface area contributed by atoms with Crippen molar-refractivity contribution in [2.45, 2.75) is 25.4 Å². The third kappa shape index (κ3) is 5.49. The van der Waals surface area contributed by atoms with Crippen LogP contribution in [0, 0.1) is 6.92 Å². The van der Waals surface area contributed by atoms with Crippen LogP contribution in [0.15, 0.2) is 85.2 Å². The minimum absolute atomic E-state index is 0.0791. The molecule has 3 heterocycles. The molecule has 0 radical (unpaired) electrons. The highest BCUT2D eigenvalue weighted by atomic mass is 35.5. The van der Waals surface area contributed by atoms with Crippen molar-refractivity contribution in [2.24, 2.45) is 0 Å². The van der Waals surface area contributed by atoms with E-state index in [0.29, 0.717) is 21.7 Å². The topological polar surface area (TPSA) is 62.2 Å². The van der Waals surface area contributed by atoms with Crippen LogP contribution in [0.5, 0.6) is 0 Å². The third-order valence-electron chi connectivity index (χ3n) is 6.33. The van der Waals surface area contributed by atoms with Crippen molar-refractivity contribution < 1.29 is 4.79 Å². The second-order valence-electron chi connectivity index (χ2n) is 8.89. The molecule has 1 aliphatic rings. The van der Waals surface area contributed by atoms with Crippen LogP contribution in [0.25, 0.3) is 5.69 Å².